The van der Waals surface area contributed by atoms with Gasteiger partial charge >= 0.3 is 0 Å². The Bertz CT molecular complexity index is 585. The molecule has 3 aliphatic carbocycles. The van der Waals surface area contributed by atoms with E-state index in [9.17, 15) is 4.79 Å². The van der Waals surface area contributed by atoms with E-state index >= 15 is 0 Å². The maximum atomic E-state index is 12.0. The van der Waals surface area contributed by atoms with E-state index in [1.807, 2.05) is 12.1 Å². The third kappa shape index (κ3) is 1.16. The summed E-state index contributed by atoms with van der Waals surface area (Å²) in [4.78, 5) is 12.0. The fraction of sp³-hybridized carbons (Fsp3) is 0.438. The number of hydrogen-bond donors (Lipinski definition) is 0. The predicted octanol–water partition coefficient (Wildman–Crippen LogP) is 3.00. The topological polar surface area (TPSA) is 26.3 Å². The van der Waals surface area contributed by atoms with Crippen LogP contribution in [0.15, 0.2) is 24.3 Å². The van der Waals surface area contributed by atoms with Gasteiger partial charge in [-0.3, -0.25) is 4.79 Å². The first-order valence-electron chi connectivity index (χ1n) is 6.65. The molecule has 92 valence electrons. The van der Waals surface area contributed by atoms with Crippen molar-refractivity contribution >= 4 is 11.4 Å². The van der Waals surface area contributed by atoms with Crippen LogP contribution in [0.5, 0.6) is 5.75 Å². The van der Waals surface area contributed by atoms with E-state index in [1.165, 1.54) is 23.1 Å². The van der Waals surface area contributed by atoms with Gasteiger partial charge in [-0.15, -0.1) is 0 Å². The van der Waals surface area contributed by atoms with Crippen molar-refractivity contribution in [2.45, 2.75) is 25.7 Å². The maximum absolute atomic E-state index is 12.0. The Morgan fingerprint density at radius 1 is 1.39 bits per heavy atom. The Hall–Kier alpha value is -1.57. The van der Waals surface area contributed by atoms with Gasteiger partial charge in [-0.1, -0.05) is 6.07 Å². The lowest BCUT2D eigenvalue weighted by Gasteiger charge is -2.28. The van der Waals surface area contributed by atoms with Crippen molar-refractivity contribution in [2.24, 2.45) is 11.3 Å². The standard InChI is InChI=1S/C16H16O2/c1-18-12-2-3-13-11(6-12)9-16-5-4-10(8-16)15(17)7-14(13)16/h2-3,6-7,10H,4-5,8-9H2,1H3/t10-,16+/m1/s1. The van der Waals surface area contributed by atoms with E-state index in [4.69, 9.17) is 4.74 Å². The third-order valence-corrected chi connectivity index (χ3v) is 5.00. The lowest BCUT2D eigenvalue weighted by molar-refractivity contribution is -0.118. The molecule has 1 aromatic carbocycles. The van der Waals surface area contributed by atoms with Crippen LogP contribution in [-0.2, 0) is 11.2 Å². The average Bonchev–Trinajstić information content (AvgIpc) is 2.90. The molecule has 2 heteroatoms. The van der Waals surface area contributed by atoms with Gasteiger partial charge in [-0.25, -0.2) is 0 Å². The second-order valence-electron chi connectivity index (χ2n) is 5.88. The highest BCUT2D eigenvalue weighted by atomic mass is 16.5. The Morgan fingerprint density at radius 2 is 2.28 bits per heavy atom. The van der Waals surface area contributed by atoms with Crippen molar-refractivity contribution in [3.8, 4) is 5.75 Å². The van der Waals surface area contributed by atoms with Crippen LogP contribution in [0.2, 0.25) is 0 Å². The molecule has 0 aromatic heterocycles. The number of ether oxygens (including phenoxy) is 1. The summed E-state index contributed by atoms with van der Waals surface area (Å²) in [5.74, 6) is 1.57. The van der Waals surface area contributed by atoms with Gasteiger partial charge in [0.15, 0.2) is 5.78 Å². The zero-order chi connectivity index (χ0) is 12.3. The van der Waals surface area contributed by atoms with Gasteiger partial charge in [0, 0.05) is 11.3 Å². The molecular weight excluding hydrogens is 224 g/mol. The average molecular weight is 240 g/mol. The van der Waals surface area contributed by atoms with E-state index in [0.717, 1.165) is 25.0 Å². The molecule has 18 heavy (non-hydrogen) atoms. The highest BCUT2D eigenvalue weighted by Crippen LogP contribution is 2.60. The second kappa shape index (κ2) is 3.25. The summed E-state index contributed by atoms with van der Waals surface area (Å²) in [7, 11) is 1.70. The van der Waals surface area contributed by atoms with Crippen molar-refractivity contribution in [3.05, 3.63) is 35.4 Å². The Morgan fingerprint density at radius 3 is 3.11 bits per heavy atom. The van der Waals surface area contributed by atoms with E-state index in [1.54, 1.807) is 7.11 Å². The first kappa shape index (κ1) is 10.4. The van der Waals surface area contributed by atoms with Crippen molar-refractivity contribution in [1.29, 1.82) is 0 Å². The minimum absolute atomic E-state index is 0.271. The quantitative estimate of drug-likeness (QED) is 0.754. The number of ketones is 1. The summed E-state index contributed by atoms with van der Waals surface area (Å²) in [6, 6.07) is 6.27. The van der Waals surface area contributed by atoms with Crippen molar-refractivity contribution < 1.29 is 9.53 Å². The predicted molar refractivity (Wildman–Crippen MR) is 69.5 cm³/mol. The van der Waals surface area contributed by atoms with Crippen LogP contribution >= 0.6 is 0 Å². The van der Waals surface area contributed by atoms with Crippen LogP contribution in [-0.4, -0.2) is 12.9 Å². The smallest absolute Gasteiger partial charge is 0.159 e. The Kier molecular flexibility index (Phi) is 1.87. The van der Waals surface area contributed by atoms with E-state index in [-0.39, 0.29) is 5.41 Å². The zero-order valence-electron chi connectivity index (χ0n) is 10.5. The van der Waals surface area contributed by atoms with Crippen LogP contribution in [0.25, 0.3) is 5.57 Å². The summed E-state index contributed by atoms with van der Waals surface area (Å²) >= 11 is 0. The lowest BCUT2D eigenvalue weighted by Crippen LogP contribution is -2.23. The van der Waals surface area contributed by atoms with Crippen LogP contribution < -0.4 is 4.74 Å². The number of benzene rings is 1. The molecule has 2 nitrogen and oxygen atoms in total. The maximum Gasteiger partial charge on any atom is 0.159 e. The minimum atomic E-state index is 0.271. The summed E-state index contributed by atoms with van der Waals surface area (Å²) in [6.07, 6.45) is 6.33. The van der Waals surface area contributed by atoms with Gasteiger partial charge in [0.25, 0.3) is 0 Å². The molecule has 4 rings (SSSR count). The van der Waals surface area contributed by atoms with Gasteiger partial charge in [0.2, 0.25) is 0 Å². The molecule has 0 amide bonds. The fourth-order valence-corrected chi connectivity index (χ4v) is 4.12. The van der Waals surface area contributed by atoms with E-state index in [0.29, 0.717) is 11.7 Å². The van der Waals surface area contributed by atoms with Gasteiger partial charge in [0.05, 0.1) is 7.11 Å². The van der Waals surface area contributed by atoms with Gasteiger partial charge in [-0.2, -0.15) is 0 Å². The fourth-order valence-electron chi connectivity index (χ4n) is 4.12. The lowest BCUT2D eigenvalue weighted by atomic mass is 9.74. The molecule has 0 heterocycles. The van der Waals surface area contributed by atoms with Crippen molar-refractivity contribution in [2.75, 3.05) is 7.11 Å². The number of allylic oxidation sites excluding steroid dienone is 2. The molecule has 0 radical (unpaired) electrons. The molecule has 0 N–H and O–H groups in total. The molecule has 0 unspecified atom stereocenters. The molecule has 0 saturated heterocycles. The normalized spacial score (nSPS) is 31.9. The molecule has 2 atom stereocenters. The second-order valence-corrected chi connectivity index (χ2v) is 5.88. The van der Waals surface area contributed by atoms with E-state index < -0.39 is 0 Å². The number of rotatable bonds is 1. The number of hydrogen-bond acceptors (Lipinski definition) is 2. The SMILES string of the molecule is COc1ccc2c(c1)C[C@]13CC[C@H](C1)C(=O)C=C23. The monoisotopic (exact) mass is 240 g/mol. The summed E-state index contributed by atoms with van der Waals surface area (Å²) in [5.41, 5.74) is 4.21. The molecular formula is C16H16O2. The Balaban J connectivity index is 1.89. The van der Waals surface area contributed by atoms with Crippen LogP contribution in [0.1, 0.15) is 30.4 Å². The van der Waals surface area contributed by atoms with Crippen molar-refractivity contribution in [3.63, 3.8) is 0 Å². The molecule has 0 aliphatic heterocycles. The minimum Gasteiger partial charge on any atom is -0.497 e. The van der Waals surface area contributed by atoms with Gasteiger partial charge < -0.3 is 4.74 Å². The summed E-state index contributed by atoms with van der Waals surface area (Å²) in [6.45, 7) is 0. The highest BCUT2D eigenvalue weighted by Gasteiger charge is 2.51. The molecule has 3 aliphatic rings. The van der Waals surface area contributed by atoms with Crippen LogP contribution in [0.3, 0.4) is 0 Å². The summed E-state index contributed by atoms with van der Waals surface area (Å²) in [5, 5.41) is 0. The number of methoxy groups -OCH3 is 1. The van der Waals surface area contributed by atoms with Gasteiger partial charge in [0.1, 0.15) is 5.75 Å². The number of carbonyl (C=O) groups is 1. The zero-order valence-corrected chi connectivity index (χ0v) is 10.5. The molecule has 1 fully saturated rings. The van der Waals surface area contributed by atoms with Crippen LogP contribution in [0.4, 0.5) is 0 Å². The third-order valence-electron chi connectivity index (χ3n) is 5.00. The Labute approximate surface area is 107 Å². The first-order valence-corrected chi connectivity index (χ1v) is 6.65. The highest BCUT2D eigenvalue weighted by molar-refractivity contribution is 6.03. The number of fused-ring (bicyclic) bond motifs is 3. The van der Waals surface area contributed by atoms with E-state index in [2.05, 4.69) is 12.1 Å². The summed E-state index contributed by atoms with van der Waals surface area (Å²) < 4.78 is 5.30. The molecule has 1 saturated carbocycles. The first-order chi connectivity index (χ1) is 8.72. The van der Waals surface area contributed by atoms with Gasteiger partial charge in [-0.05, 0) is 60.6 Å². The number of carbonyl (C=O) groups excluding carboxylic acids is 1. The molecule has 1 aromatic rings. The van der Waals surface area contributed by atoms with Crippen molar-refractivity contribution in [1.82, 2.24) is 0 Å². The van der Waals surface area contributed by atoms with Crippen LogP contribution in [0, 0.1) is 11.3 Å². The molecule has 1 spiro atoms. The molecule has 2 bridgehead atoms. The largest absolute Gasteiger partial charge is 0.497 e.